The van der Waals surface area contributed by atoms with Crippen LogP contribution < -0.4 is 5.32 Å². The zero-order valence-corrected chi connectivity index (χ0v) is 12.4. The molecule has 2 atom stereocenters. The number of nitrogens with zero attached hydrogens (tertiary/aromatic N) is 1. The molecule has 4 heteroatoms. The van der Waals surface area contributed by atoms with Gasteiger partial charge in [0.25, 0.3) is 0 Å². The van der Waals surface area contributed by atoms with E-state index in [2.05, 4.69) is 31.1 Å². The van der Waals surface area contributed by atoms with Crippen molar-refractivity contribution < 1.29 is 9.84 Å². The van der Waals surface area contributed by atoms with E-state index in [1.807, 2.05) is 6.92 Å². The van der Waals surface area contributed by atoms with E-state index in [1.165, 1.54) is 12.8 Å². The lowest BCUT2D eigenvalue weighted by Gasteiger charge is -2.33. The Bertz CT molecular complexity index is 226. The Kier molecular flexibility index (Phi) is 6.57. The predicted molar refractivity (Wildman–Crippen MR) is 74.8 cm³/mol. The number of ether oxygens (including phenoxy) is 1. The molecule has 1 aliphatic heterocycles. The molecule has 4 nitrogen and oxygen atoms in total. The predicted octanol–water partition coefficient (Wildman–Crippen LogP) is 1.09. The van der Waals surface area contributed by atoms with Crippen LogP contribution in [0.25, 0.3) is 0 Å². The van der Waals surface area contributed by atoms with Gasteiger partial charge in [0, 0.05) is 32.3 Å². The molecular weight excluding hydrogens is 228 g/mol. The Morgan fingerprint density at radius 1 is 1.50 bits per heavy atom. The molecule has 1 rings (SSSR count). The third-order valence-corrected chi connectivity index (χ3v) is 3.33. The van der Waals surface area contributed by atoms with E-state index in [1.54, 1.807) is 0 Å². The summed E-state index contributed by atoms with van der Waals surface area (Å²) in [6, 6.07) is 0.411. The van der Waals surface area contributed by atoms with Crippen LogP contribution in [0.5, 0.6) is 0 Å². The molecule has 0 saturated carbocycles. The first-order valence-corrected chi connectivity index (χ1v) is 7.11. The molecule has 0 amide bonds. The lowest BCUT2D eigenvalue weighted by molar-refractivity contribution is 0.00444. The van der Waals surface area contributed by atoms with Crippen LogP contribution in [-0.4, -0.2) is 61.5 Å². The van der Waals surface area contributed by atoms with Gasteiger partial charge in [-0.3, -0.25) is 0 Å². The number of likely N-dealkylation sites (N-methyl/N-ethyl adjacent to an activating group) is 1. The molecule has 1 fully saturated rings. The van der Waals surface area contributed by atoms with E-state index >= 15 is 0 Å². The molecule has 0 aromatic carbocycles. The van der Waals surface area contributed by atoms with Crippen LogP contribution in [-0.2, 0) is 4.74 Å². The van der Waals surface area contributed by atoms with Crippen LogP contribution in [0.4, 0.5) is 0 Å². The van der Waals surface area contributed by atoms with Crippen molar-refractivity contribution in [2.75, 3.05) is 39.9 Å². The first-order chi connectivity index (χ1) is 8.39. The fraction of sp³-hybridized carbons (Fsp3) is 1.00. The maximum Gasteiger partial charge on any atom is 0.0869 e. The summed E-state index contributed by atoms with van der Waals surface area (Å²) in [4.78, 5) is 2.22. The minimum Gasteiger partial charge on any atom is -0.388 e. The number of hydrogen-bond donors (Lipinski definition) is 2. The van der Waals surface area contributed by atoms with Gasteiger partial charge in [-0.2, -0.15) is 0 Å². The molecule has 0 spiro atoms. The second-order valence-corrected chi connectivity index (χ2v) is 6.31. The third-order valence-electron chi connectivity index (χ3n) is 3.33. The highest BCUT2D eigenvalue weighted by Crippen LogP contribution is 2.15. The Hall–Kier alpha value is -0.160. The fourth-order valence-corrected chi connectivity index (χ4v) is 2.52. The van der Waals surface area contributed by atoms with Crippen molar-refractivity contribution in [1.82, 2.24) is 10.2 Å². The Balaban J connectivity index is 2.26. The highest BCUT2D eigenvalue weighted by molar-refractivity contribution is 4.81. The van der Waals surface area contributed by atoms with Crippen molar-refractivity contribution in [3.05, 3.63) is 0 Å². The first-order valence-electron chi connectivity index (χ1n) is 7.11. The van der Waals surface area contributed by atoms with Crippen LogP contribution >= 0.6 is 0 Å². The molecule has 108 valence electrons. The Labute approximate surface area is 112 Å². The standard InChI is InChI=1S/C14H30N2O2/c1-12(2)15-10-14(3,17)11-16(4)8-13-6-5-7-18-9-13/h12-13,15,17H,5-11H2,1-4H3. The minimum atomic E-state index is -0.672. The zero-order chi connectivity index (χ0) is 13.6. The molecular formula is C14H30N2O2. The van der Waals surface area contributed by atoms with Crippen molar-refractivity contribution in [2.24, 2.45) is 5.92 Å². The van der Waals surface area contributed by atoms with Crippen LogP contribution in [0.3, 0.4) is 0 Å². The van der Waals surface area contributed by atoms with Crippen molar-refractivity contribution in [3.63, 3.8) is 0 Å². The molecule has 2 N–H and O–H groups in total. The monoisotopic (exact) mass is 258 g/mol. The Morgan fingerprint density at radius 3 is 2.78 bits per heavy atom. The van der Waals surface area contributed by atoms with Gasteiger partial charge in [0.1, 0.15) is 0 Å². The summed E-state index contributed by atoms with van der Waals surface area (Å²) in [5.41, 5.74) is -0.672. The number of aliphatic hydroxyl groups is 1. The molecule has 0 aromatic heterocycles. The van der Waals surface area contributed by atoms with Crippen molar-refractivity contribution >= 4 is 0 Å². The molecule has 0 aromatic rings. The minimum absolute atomic E-state index is 0.411. The summed E-state index contributed by atoms with van der Waals surface area (Å²) < 4.78 is 5.49. The van der Waals surface area contributed by atoms with Gasteiger partial charge in [0.05, 0.1) is 12.2 Å². The smallest absolute Gasteiger partial charge is 0.0869 e. The first kappa shape index (κ1) is 15.9. The van der Waals surface area contributed by atoms with Gasteiger partial charge < -0.3 is 20.1 Å². The van der Waals surface area contributed by atoms with Crippen molar-refractivity contribution in [3.8, 4) is 0 Å². The molecule has 2 unspecified atom stereocenters. The number of rotatable bonds is 7. The second-order valence-electron chi connectivity index (χ2n) is 6.31. The largest absolute Gasteiger partial charge is 0.388 e. The summed E-state index contributed by atoms with van der Waals surface area (Å²) >= 11 is 0. The Morgan fingerprint density at radius 2 is 2.22 bits per heavy atom. The van der Waals surface area contributed by atoms with E-state index in [-0.39, 0.29) is 0 Å². The molecule has 1 aliphatic rings. The van der Waals surface area contributed by atoms with E-state index < -0.39 is 5.60 Å². The number of nitrogens with one attached hydrogen (secondary N) is 1. The van der Waals surface area contributed by atoms with Gasteiger partial charge in [0.2, 0.25) is 0 Å². The highest BCUT2D eigenvalue weighted by atomic mass is 16.5. The molecule has 18 heavy (non-hydrogen) atoms. The fourth-order valence-electron chi connectivity index (χ4n) is 2.52. The maximum atomic E-state index is 10.3. The SMILES string of the molecule is CC(C)NCC(C)(O)CN(C)CC1CCCOC1. The summed E-state index contributed by atoms with van der Waals surface area (Å²) in [6.07, 6.45) is 2.42. The van der Waals surface area contributed by atoms with Crippen LogP contribution in [0.1, 0.15) is 33.6 Å². The van der Waals surface area contributed by atoms with Gasteiger partial charge in [-0.1, -0.05) is 13.8 Å². The average Bonchev–Trinajstić information content (AvgIpc) is 2.27. The average molecular weight is 258 g/mol. The second kappa shape index (κ2) is 7.43. The van der Waals surface area contributed by atoms with E-state index in [0.29, 0.717) is 25.0 Å². The summed E-state index contributed by atoms with van der Waals surface area (Å²) in [7, 11) is 2.08. The normalized spacial score (nSPS) is 24.5. The van der Waals surface area contributed by atoms with Gasteiger partial charge in [-0.15, -0.1) is 0 Å². The number of hydrogen-bond acceptors (Lipinski definition) is 4. The lowest BCUT2D eigenvalue weighted by Crippen LogP contribution is -2.49. The molecule has 0 aliphatic carbocycles. The quantitative estimate of drug-likeness (QED) is 0.717. The highest BCUT2D eigenvalue weighted by Gasteiger charge is 2.24. The lowest BCUT2D eigenvalue weighted by atomic mass is 10.0. The third kappa shape index (κ3) is 6.69. The van der Waals surface area contributed by atoms with E-state index in [4.69, 9.17) is 4.74 Å². The summed E-state index contributed by atoms with van der Waals surface area (Å²) in [5, 5.41) is 13.6. The summed E-state index contributed by atoms with van der Waals surface area (Å²) in [6.45, 7) is 10.2. The van der Waals surface area contributed by atoms with Gasteiger partial charge in [-0.25, -0.2) is 0 Å². The molecule has 1 saturated heterocycles. The molecule has 1 heterocycles. The zero-order valence-electron chi connectivity index (χ0n) is 12.4. The van der Waals surface area contributed by atoms with E-state index in [0.717, 1.165) is 19.8 Å². The van der Waals surface area contributed by atoms with Crippen LogP contribution in [0.15, 0.2) is 0 Å². The van der Waals surface area contributed by atoms with Crippen molar-refractivity contribution in [2.45, 2.75) is 45.3 Å². The van der Waals surface area contributed by atoms with Crippen LogP contribution in [0.2, 0.25) is 0 Å². The van der Waals surface area contributed by atoms with Gasteiger partial charge >= 0.3 is 0 Å². The maximum absolute atomic E-state index is 10.3. The van der Waals surface area contributed by atoms with Crippen LogP contribution in [0, 0.1) is 5.92 Å². The van der Waals surface area contributed by atoms with Crippen molar-refractivity contribution in [1.29, 1.82) is 0 Å². The molecule has 0 bridgehead atoms. The van der Waals surface area contributed by atoms with Gasteiger partial charge in [0.15, 0.2) is 0 Å². The van der Waals surface area contributed by atoms with E-state index in [9.17, 15) is 5.11 Å². The summed E-state index contributed by atoms with van der Waals surface area (Å²) in [5.74, 6) is 0.623. The molecule has 0 radical (unpaired) electrons. The topological polar surface area (TPSA) is 44.7 Å². The van der Waals surface area contributed by atoms with Gasteiger partial charge in [-0.05, 0) is 32.7 Å².